The molecule has 0 unspecified atom stereocenters. The Kier molecular flexibility index (Phi) is 8.20. The topological polar surface area (TPSA) is 55.6 Å². The summed E-state index contributed by atoms with van der Waals surface area (Å²) < 4.78 is 33.0. The third-order valence-corrected chi connectivity index (χ3v) is 5.07. The van der Waals surface area contributed by atoms with E-state index in [4.69, 9.17) is 9.53 Å². The van der Waals surface area contributed by atoms with Crippen molar-refractivity contribution in [3.05, 3.63) is 70.3 Å². The number of rotatable bonds is 3. The molecule has 1 amide bonds. The number of anilines is 1. The van der Waals surface area contributed by atoms with Crippen LogP contribution in [0.2, 0.25) is 0 Å². The molecule has 0 saturated carbocycles. The molecular formula is C25H32F2N2O2. The van der Waals surface area contributed by atoms with Crippen LogP contribution in [0, 0.1) is 30.9 Å². The maximum absolute atomic E-state index is 14.1. The lowest BCUT2D eigenvalue weighted by molar-refractivity contribution is -0.106. The van der Waals surface area contributed by atoms with Crippen molar-refractivity contribution >= 4 is 17.9 Å². The summed E-state index contributed by atoms with van der Waals surface area (Å²) >= 11 is 0. The summed E-state index contributed by atoms with van der Waals surface area (Å²) in [7, 11) is 0. The minimum Gasteiger partial charge on any atom is -0.491 e. The van der Waals surface area contributed by atoms with Crippen molar-refractivity contribution in [2.45, 2.75) is 41.0 Å². The molecule has 6 heteroatoms. The number of hydrogen-bond donors (Lipinski definition) is 1. The Bertz CT molecular complexity index is 926. The summed E-state index contributed by atoms with van der Waals surface area (Å²) in [6.45, 7) is 12.9. The van der Waals surface area contributed by atoms with Gasteiger partial charge in [0.15, 0.2) is 0 Å². The number of carbonyl (C=O) groups is 1. The first-order chi connectivity index (χ1) is 14.6. The van der Waals surface area contributed by atoms with Gasteiger partial charge < -0.3 is 15.4 Å². The fourth-order valence-corrected chi connectivity index (χ4v) is 3.68. The molecule has 2 N–H and O–H groups in total. The molecule has 0 bridgehead atoms. The van der Waals surface area contributed by atoms with Crippen LogP contribution in [-0.4, -0.2) is 26.1 Å². The van der Waals surface area contributed by atoms with Crippen LogP contribution in [0.1, 0.15) is 43.0 Å². The highest BCUT2D eigenvalue weighted by Crippen LogP contribution is 2.30. The lowest BCUT2D eigenvalue weighted by Gasteiger charge is -2.26. The number of hydrogen-bond acceptors (Lipinski definition) is 3. The highest BCUT2D eigenvalue weighted by Gasteiger charge is 2.19. The predicted molar refractivity (Wildman–Crippen MR) is 122 cm³/mol. The van der Waals surface area contributed by atoms with Gasteiger partial charge in [-0.1, -0.05) is 20.8 Å². The Morgan fingerprint density at radius 2 is 1.74 bits per heavy atom. The van der Waals surface area contributed by atoms with Gasteiger partial charge in [0.05, 0.1) is 12.1 Å². The highest BCUT2D eigenvalue weighted by molar-refractivity contribution is 5.63. The van der Waals surface area contributed by atoms with Crippen LogP contribution in [0.4, 0.5) is 14.5 Å². The van der Waals surface area contributed by atoms with Gasteiger partial charge in [0.1, 0.15) is 24.0 Å². The first-order valence-corrected chi connectivity index (χ1v) is 10.3. The van der Waals surface area contributed by atoms with Gasteiger partial charge in [-0.15, -0.1) is 0 Å². The van der Waals surface area contributed by atoms with Gasteiger partial charge in [-0.25, -0.2) is 8.78 Å². The number of nitrogens with zero attached hydrogens (tertiary/aromatic N) is 1. The van der Waals surface area contributed by atoms with Crippen molar-refractivity contribution in [3.63, 3.8) is 0 Å². The number of halogens is 2. The minimum absolute atomic E-state index is 0.240. The van der Waals surface area contributed by atoms with E-state index in [0.717, 1.165) is 18.2 Å². The maximum atomic E-state index is 14.1. The number of ether oxygens (including phenoxy) is 1. The summed E-state index contributed by atoms with van der Waals surface area (Å²) in [4.78, 5) is 10.8. The average Bonchev–Trinajstić information content (AvgIpc) is 2.91. The molecule has 1 aliphatic rings. The zero-order valence-corrected chi connectivity index (χ0v) is 19.0. The van der Waals surface area contributed by atoms with Crippen molar-refractivity contribution in [3.8, 4) is 0 Å². The lowest BCUT2D eigenvalue weighted by atomic mass is 9.84. The molecule has 2 aromatic rings. The zero-order chi connectivity index (χ0) is 23.2. The molecule has 0 radical (unpaired) electrons. The van der Waals surface area contributed by atoms with Crippen LogP contribution in [0.25, 0.3) is 5.76 Å². The first-order valence-electron chi connectivity index (χ1n) is 10.3. The third-order valence-electron chi connectivity index (χ3n) is 5.07. The predicted octanol–water partition coefficient (Wildman–Crippen LogP) is 5.15. The fraction of sp³-hybridized carbons (Fsp3) is 0.400. The second-order valence-corrected chi connectivity index (χ2v) is 8.92. The van der Waals surface area contributed by atoms with E-state index in [-0.39, 0.29) is 11.8 Å². The maximum Gasteiger partial charge on any atom is 0.204 e. The smallest absolute Gasteiger partial charge is 0.204 e. The highest BCUT2D eigenvalue weighted by atomic mass is 19.1. The Labute approximate surface area is 183 Å². The van der Waals surface area contributed by atoms with E-state index in [1.807, 2.05) is 6.08 Å². The van der Waals surface area contributed by atoms with Gasteiger partial charge >= 0.3 is 0 Å². The molecule has 0 aromatic heterocycles. The van der Waals surface area contributed by atoms with Crippen LogP contribution in [0.5, 0.6) is 0 Å². The summed E-state index contributed by atoms with van der Waals surface area (Å²) in [5.41, 5.74) is 9.86. The third kappa shape index (κ3) is 6.81. The summed E-state index contributed by atoms with van der Waals surface area (Å²) in [5.74, 6) is -0.714. The molecule has 1 aliphatic heterocycles. The quantitative estimate of drug-likeness (QED) is 0.685. The Balaban J connectivity index is 0.00000107. The van der Waals surface area contributed by atoms with E-state index < -0.39 is 11.6 Å². The van der Waals surface area contributed by atoms with Crippen LogP contribution in [0.15, 0.2) is 36.4 Å². The normalized spacial score (nSPS) is 14.0. The number of primary amides is 1. The number of benzene rings is 2. The van der Waals surface area contributed by atoms with Gasteiger partial charge in [0.2, 0.25) is 6.41 Å². The van der Waals surface area contributed by atoms with Gasteiger partial charge in [-0.05, 0) is 72.7 Å². The Morgan fingerprint density at radius 3 is 2.29 bits per heavy atom. The van der Waals surface area contributed by atoms with E-state index in [2.05, 4.69) is 57.4 Å². The van der Waals surface area contributed by atoms with Gasteiger partial charge in [-0.3, -0.25) is 4.79 Å². The first kappa shape index (κ1) is 24.4. The molecule has 31 heavy (non-hydrogen) atoms. The monoisotopic (exact) mass is 430 g/mol. The summed E-state index contributed by atoms with van der Waals surface area (Å²) in [5, 5.41) is 0. The van der Waals surface area contributed by atoms with Crippen LogP contribution < -0.4 is 10.6 Å². The molecule has 0 aliphatic carbocycles. The molecule has 168 valence electrons. The second-order valence-electron chi connectivity index (χ2n) is 8.92. The van der Waals surface area contributed by atoms with Crippen molar-refractivity contribution in [1.82, 2.24) is 0 Å². The second kappa shape index (κ2) is 10.4. The molecule has 0 atom stereocenters. The fourth-order valence-electron chi connectivity index (χ4n) is 3.68. The van der Waals surface area contributed by atoms with Crippen molar-refractivity contribution in [2.24, 2.45) is 11.1 Å². The Hall–Kier alpha value is -2.89. The molecule has 1 heterocycles. The summed E-state index contributed by atoms with van der Waals surface area (Å²) in [6.07, 6.45) is 3.17. The number of amides is 1. The molecule has 3 rings (SSSR count). The Morgan fingerprint density at radius 1 is 1.13 bits per heavy atom. The van der Waals surface area contributed by atoms with E-state index in [0.29, 0.717) is 31.0 Å². The average molecular weight is 431 g/mol. The van der Waals surface area contributed by atoms with Gasteiger partial charge in [0, 0.05) is 18.3 Å². The van der Waals surface area contributed by atoms with Crippen LogP contribution in [-0.2, 0) is 16.0 Å². The van der Waals surface area contributed by atoms with Crippen LogP contribution >= 0.6 is 0 Å². The van der Waals surface area contributed by atoms with Gasteiger partial charge in [0.25, 0.3) is 0 Å². The summed E-state index contributed by atoms with van der Waals surface area (Å²) in [6, 6.07) is 8.04. The van der Waals surface area contributed by atoms with E-state index in [1.165, 1.54) is 28.8 Å². The molecule has 0 spiro atoms. The molecular weight excluding hydrogens is 398 g/mol. The number of aryl methyl sites for hydroxylation is 2. The number of nitrogens with two attached hydrogens (primary N) is 1. The van der Waals surface area contributed by atoms with Gasteiger partial charge in [-0.2, -0.15) is 0 Å². The van der Waals surface area contributed by atoms with E-state index >= 15 is 0 Å². The van der Waals surface area contributed by atoms with Crippen molar-refractivity contribution < 1.29 is 18.3 Å². The van der Waals surface area contributed by atoms with Crippen molar-refractivity contribution in [2.75, 3.05) is 24.6 Å². The number of carbonyl (C=O) groups excluding carboxylic acids is 1. The van der Waals surface area contributed by atoms with E-state index in [9.17, 15) is 8.78 Å². The molecule has 0 fully saturated rings. The van der Waals surface area contributed by atoms with Crippen LogP contribution in [0.3, 0.4) is 0 Å². The standard InChI is InChI=1S/C24H29F2NO.CH3NO/c1-16-12-19(13-17(2)21(16)15-24(3,4)5)27-9-8-23(28-11-10-27)20-7-6-18(25)14-22(20)26;2-1-3/h6-8,12-14H,9-11,15H2,1-5H3;1H,(H2,2,3). The minimum atomic E-state index is -0.599. The molecule has 0 saturated heterocycles. The zero-order valence-electron chi connectivity index (χ0n) is 19.0. The van der Waals surface area contributed by atoms with E-state index in [1.54, 1.807) is 0 Å². The largest absolute Gasteiger partial charge is 0.491 e. The van der Waals surface area contributed by atoms with Crippen molar-refractivity contribution in [1.29, 1.82) is 0 Å². The molecule has 4 nitrogen and oxygen atoms in total. The molecule has 2 aromatic carbocycles. The SMILES string of the molecule is Cc1cc(N2CC=C(c3ccc(F)cc3F)OCC2)cc(C)c1CC(C)(C)C.NC=O. The lowest BCUT2D eigenvalue weighted by Crippen LogP contribution is -2.26.